The molecular weight excluding hydrogens is 422 g/mol. The van der Waals surface area contributed by atoms with Gasteiger partial charge in [-0.15, -0.1) is 0 Å². The van der Waals surface area contributed by atoms with E-state index in [4.69, 9.17) is 9.47 Å². The highest BCUT2D eigenvalue weighted by Crippen LogP contribution is 2.30. The number of esters is 1. The molecule has 1 N–H and O–H groups in total. The third kappa shape index (κ3) is 7.68. The number of ether oxygens (including phenoxy) is 3. The van der Waals surface area contributed by atoms with Crippen molar-refractivity contribution in [1.29, 1.82) is 0 Å². The van der Waals surface area contributed by atoms with Crippen LogP contribution >= 0.6 is 0 Å². The number of para-hydroxylation sites is 1. The van der Waals surface area contributed by atoms with Gasteiger partial charge in [0.25, 0.3) is 0 Å². The van der Waals surface area contributed by atoms with Crippen LogP contribution in [0.15, 0.2) is 48.5 Å². The molecular formula is C25H33N3O5. The third-order valence-electron chi connectivity index (χ3n) is 5.60. The molecule has 0 bridgehead atoms. The zero-order valence-electron chi connectivity index (χ0n) is 19.4. The van der Waals surface area contributed by atoms with E-state index in [9.17, 15) is 9.59 Å². The summed E-state index contributed by atoms with van der Waals surface area (Å²) in [6, 6.07) is 15.8. The fraction of sp³-hybridized carbons (Fsp3) is 0.440. The van der Waals surface area contributed by atoms with Gasteiger partial charge in [0.15, 0.2) is 11.5 Å². The van der Waals surface area contributed by atoms with Crippen LogP contribution in [0.4, 0.5) is 11.4 Å². The van der Waals surface area contributed by atoms with E-state index in [2.05, 4.69) is 44.1 Å². The summed E-state index contributed by atoms with van der Waals surface area (Å²) >= 11 is 0. The Balaban J connectivity index is 1.38. The third-order valence-corrected chi connectivity index (χ3v) is 5.60. The molecule has 0 aliphatic carbocycles. The number of nitrogens with zero attached hydrogens (tertiary/aromatic N) is 2. The number of nitrogens with one attached hydrogen (secondary N) is 1. The summed E-state index contributed by atoms with van der Waals surface area (Å²) in [5, 5.41) is 2.76. The van der Waals surface area contributed by atoms with E-state index in [0.717, 1.165) is 39.1 Å². The van der Waals surface area contributed by atoms with Crippen LogP contribution in [0.3, 0.4) is 0 Å². The molecule has 0 saturated carbocycles. The van der Waals surface area contributed by atoms with E-state index < -0.39 is 5.97 Å². The van der Waals surface area contributed by atoms with Crippen molar-refractivity contribution < 1.29 is 23.8 Å². The highest BCUT2D eigenvalue weighted by Gasteiger charge is 2.17. The van der Waals surface area contributed by atoms with Crippen molar-refractivity contribution in [2.75, 3.05) is 63.8 Å². The standard InChI is InChI=1S/C25H33N3O5/c1-31-23-19-20(26-24(29)11-12-25(30)32-2)9-10-22(23)33-18-6-13-27-14-16-28(17-15-27)21-7-4-3-5-8-21/h3-5,7-10,19H,6,11-18H2,1-2H3,(H,26,29). The lowest BCUT2D eigenvalue weighted by Gasteiger charge is -2.36. The molecule has 1 saturated heterocycles. The zero-order valence-corrected chi connectivity index (χ0v) is 19.4. The molecule has 33 heavy (non-hydrogen) atoms. The van der Waals surface area contributed by atoms with Crippen molar-refractivity contribution in [1.82, 2.24) is 4.90 Å². The smallest absolute Gasteiger partial charge is 0.306 e. The van der Waals surface area contributed by atoms with Crippen molar-refractivity contribution in [2.45, 2.75) is 19.3 Å². The van der Waals surface area contributed by atoms with Gasteiger partial charge in [-0.2, -0.15) is 0 Å². The summed E-state index contributed by atoms with van der Waals surface area (Å²) < 4.78 is 15.9. The summed E-state index contributed by atoms with van der Waals surface area (Å²) in [4.78, 5) is 28.0. The van der Waals surface area contributed by atoms with Crippen LogP contribution in [0.25, 0.3) is 0 Å². The summed E-state index contributed by atoms with van der Waals surface area (Å²) in [7, 11) is 2.87. The summed E-state index contributed by atoms with van der Waals surface area (Å²) in [5.41, 5.74) is 1.88. The predicted octanol–water partition coefficient (Wildman–Crippen LogP) is 3.18. The maximum atomic E-state index is 12.0. The molecule has 0 spiro atoms. The van der Waals surface area contributed by atoms with Gasteiger partial charge < -0.3 is 24.4 Å². The second-order valence-corrected chi connectivity index (χ2v) is 7.86. The molecule has 2 aromatic carbocycles. The molecule has 8 nitrogen and oxygen atoms in total. The van der Waals surface area contributed by atoms with Gasteiger partial charge in [0.1, 0.15) is 0 Å². The van der Waals surface area contributed by atoms with E-state index >= 15 is 0 Å². The fourth-order valence-corrected chi connectivity index (χ4v) is 3.74. The normalized spacial score (nSPS) is 13.9. The number of anilines is 2. The quantitative estimate of drug-likeness (QED) is 0.412. The number of hydrogen-bond acceptors (Lipinski definition) is 7. The van der Waals surface area contributed by atoms with Crippen LogP contribution in [0, 0.1) is 0 Å². The van der Waals surface area contributed by atoms with Gasteiger partial charge in [0, 0.05) is 56.6 Å². The van der Waals surface area contributed by atoms with Crippen LogP contribution in [-0.4, -0.2) is 70.3 Å². The van der Waals surface area contributed by atoms with Crippen molar-refractivity contribution in [3.63, 3.8) is 0 Å². The first-order valence-electron chi connectivity index (χ1n) is 11.3. The Morgan fingerprint density at radius 3 is 2.39 bits per heavy atom. The molecule has 1 fully saturated rings. The van der Waals surface area contributed by atoms with Crippen LogP contribution < -0.4 is 19.7 Å². The average Bonchev–Trinajstić information content (AvgIpc) is 2.86. The Bertz CT molecular complexity index is 898. The van der Waals surface area contributed by atoms with Gasteiger partial charge in [-0.05, 0) is 30.7 Å². The van der Waals surface area contributed by atoms with Gasteiger partial charge >= 0.3 is 5.97 Å². The number of carbonyl (C=O) groups excluding carboxylic acids is 2. The Hall–Kier alpha value is -3.26. The minimum absolute atomic E-state index is 0.0436. The van der Waals surface area contributed by atoms with Crippen LogP contribution in [0.1, 0.15) is 19.3 Å². The molecule has 3 rings (SSSR count). The number of methoxy groups -OCH3 is 2. The number of piperazine rings is 1. The van der Waals surface area contributed by atoms with Crippen LogP contribution in [0.2, 0.25) is 0 Å². The predicted molar refractivity (Wildman–Crippen MR) is 128 cm³/mol. The first-order chi connectivity index (χ1) is 16.1. The van der Waals surface area contributed by atoms with Gasteiger partial charge in [0.05, 0.1) is 27.2 Å². The molecule has 2 aromatic rings. The largest absolute Gasteiger partial charge is 0.493 e. The second-order valence-electron chi connectivity index (χ2n) is 7.86. The maximum absolute atomic E-state index is 12.0. The molecule has 1 aliphatic heterocycles. The van der Waals surface area contributed by atoms with Gasteiger partial charge in [-0.25, -0.2) is 0 Å². The van der Waals surface area contributed by atoms with Crippen molar-refractivity contribution in [2.24, 2.45) is 0 Å². The average molecular weight is 456 g/mol. The van der Waals surface area contributed by atoms with E-state index in [1.807, 2.05) is 6.07 Å². The van der Waals surface area contributed by atoms with Gasteiger partial charge in [-0.3, -0.25) is 14.5 Å². The minimum atomic E-state index is -0.412. The van der Waals surface area contributed by atoms with Crippen molar-refractivity contribution in [3.8, 4) is 11.5 Å². The van der Waals surface area contributed by atoms with Gasteiger partial charge in [-0.1, -0.05) is 18.2 Å². The monoisotopic (exact) mass is 455 g/mol. The lowest BCUT2D eigenvalue weighted by atomic mass is 10.2. The highest BCUT2D eigenvalue weighted by atomic mass is 16.5. The van der Waals surface area contributed by atoms with Gasteiger partial charge in [0.2, 0.25) is 5.91 Å². The Labute approximate surface area is 195 Å². The minimum Gasteiger partial charge on any atom is -0.493 e. The lowest BCUT2D eigenvalue weighted by molar-refractivity contribution is -0.141. The summed E-state index contributed by atoms with van der Waals surface area (Å²) in [5.74, 6) is 0.518. The van der Waals surface area contributed by atoms with Crippen LogP contribution in [0.5, 0.6) is 11.5 Å². The number of rotatable bonds is 11. The van der Waals surface area contributed by atoms with Crippen molar-refractivity contribution in [3.05, 3.63) is 48.5 Å². The SMILES string of the molecule is COC(=O)CCC(=O)Nc1ccc(OCCCN2CCN(c3ccccc3)CC2)c(OC)c1. The van der Waals surface area contributed by atoms with E-state index in [1.165, 1.54) is 12.8 Å². The number of amides is 1. The maximum Gasteiger partial charge on any atom is 0.306 e. The molecule has 1 heterocycles. The summed E-state index contributed by atoms with van der Waals surface area (Å²) in [6.07, 6.45) is 1.02. The Morgan fingerprint density at radius 2 is 1.70 bits per heavy atom. The molecule has 8 heteroatoms. The topological polar surface area (TPSA) is 80.3 Å². The summed E-state index contributed by atoms with van der Waals surface area (Å²) in [6.45, 7) is 5.72. The lowest BCUT2D eigenvalue weighted by Crippen LogP contribution is -2.46. The first-order valence-corrected chi connectivity index (χ1v) is 11.3. The zero-order chi connectivity index (χ0) is 23.5. The molecule has 0 unspecified atom stereocenters. The molecule has 0 atom stereocenters. The van der Waals surface area contributed by atoms with Crippen LogP contribution in [-0.2, 0) is 14.3 Å². The molecule has 1 aliphatic rings. The fourth-order valence-electron chi connectivity index (χ4n) is 3.74. The highest BCUT2D eigenvalue weighted by molar-refractivity contribution is 5.92. The molecule has 1 amide bonds. The second kappa shape index (κ2) is 12.7. The molecule has 0 aromatic heterocycles. The Kier molecular flexibility index (Phi) is 9.38. The molecule has 178 valence electrons. The number of carbonyl (C=O) groups is 2. The first kappa shape index (κ1) is 24.4. The van der Waals surface area contributed by atoms with E-state index in [1.54, 1.807) is 25.3 Å². The van der Waals surface area contributed by atoms with E-state index in [-0.39, 0.29) is 18.7 Å². The molecule has 0 radical (unpaired) electrons. The number of benzene rings is 2. The van der Waals surface area contributed by atoms with E-state index in [0.29, 0.717) is 23.8 Å². The Morgan fingerprint density at radius 1 is 0.939 bits per heavy atom. The number of hydrogen-bond donors (Lipinski definition) is 1. The van der Waals surface area contributed by atoms with Crippen molar-refractivity contribution >= 4 is 23.3 Å².